The molecule has 0 unspecified atom stereocenters. The Morgan fingerprint density at radius 1 is 1.23 bits per heavy atom. The van der Waals surface area contributed by atoms with Gasteiger partial charge in [-0.3, -0.25) is 4.79 Å². The monoisotopic (exact) mass is 348 g/mol. The van der Waals surface area contributed by atoms with Crippen molar-refractivity contribution in [1.82, 2.24) is 4.98 Å². The number of ether oxygens (including phenoxy) is 1. The summed E-state index contributed by atoms with van der Waals surface area (Å²) in [6.45, 7) is 4.29. The van der Waals surface area contributed by atoms with Crippen LogP contribution in [-0.2, 0) is 12.8 Å². The Bertz CT molecular complexity index is 987. The Balaban J connectivity index is 1.67. The molecule has 0 bridgehead atoms. The highest BCUT2D eigenvalue weighted by atomic mass is 16.5. The molecule has 4 rings (SSSR count). The van der Waals surface area contributed by atoms with E-state index in [1.807, 2.05) is 43.3 Å². The van der Waals surface area contributed by atoms with Crippen molar-refractivity contribution in [2.45, 2.75) is 33.1 Å². The molecule has 0 spiro atoms. The van der Waals surface area contributed by atoms with Gasteiger partial charge in [-0.2, -0.15) is 0 Å². The lowest BCUT2D eigenvalue weighted by molar-refractivity contribution is 0.102. The molecule has 2 aromatic carbocycles. The molecule has 2 N–H and O–H groups in total. The fourth-order valence-corrected chi connectivity index (χ4v) is 3.85. The molecule has 1 atom stereocenters. The molecule has 0 aliphatic heterocycles. The number of aromatic nitrogens is 1. The van der Waals surface area contributed by atoms with Gasteiger partial charge in [-0.05, 0) is 73.6 Å². The van der Waals surface area contributed by atoms with Crippen LogP contribution in [0.5, 0.6) is 5.75 Å². The fraction of sp³-hybridized carbons (Fsp3) is 0.318. The molecule has 0 radical (unpaired) electrons. The molecular formula is C22H24N2O2. The third-order valence-corrected chi connectivity index (χ3v) is 5.30. The molecule has 0 saturated heterocycles. The molecule has 1 aromatic heterocycles. The van der Waals surface area contributed by atoms with Crippen LogP contribution in [-0.4, -0.2) is 18.0 Å². The van der Waals surface area contributed by atoms with E-state index in [0.717, 1.165) is 23.9 Å². The normalized spacial score (nSPS) is 16.3. The second-order valence-corrected chi connectivity index (χ2v) is 7.35. The van der Waals surface area contributed by atoms with E-state index in [9.17, 15) is 4.79 Å². The predicted octanol–water partition coefficient (Wildman–Crippen LogP) is 4.86. The van der Waals surface area contributed by atoms with Crippen LogP contribution in [0.2, 0.25) is 0 Å². The molecular weight excluding hydrogens is 324 g/mol. The largest absolute Gasteiger partial charge is 0.495 e. The number of nitrogens with one attached hydrogen (secondary N) is 2. The zero-order valence-electron chi connectivity index (χ0n) is 15.5. The molecule has 1 amide bonds. The van der Waals surface area contributed by atoms with E-state index in [-0.39, 0.29) is 5.91 Å². The van der Waals surface area contributed by atoms with Crippen LogP contribution in [0.3, 0.4) is 0 Å². The highest BCUT2D eigenvalue weighted by Crippen LogP contribution is 2.32. The van der Waals surface area contributed by atoms with Crippen molar-refractivity contribution in [3.8, 4) is 5.75 Å². The number of aromatic amines is 1. The smallest absolute Gasteiger partial charge is 0.255 e. The van der Waals surface area contributed by atoms with Gasteiger partial charge in [-0.1, -0.05) is 13.0 Å². The maximum atomic E-state index is 12.8. The Labute approximate surface area is 153 Å². The summed E-state index contributed by atoms with van der Waals surface area (Å²) >= 11 is 0. The summed E-state index contributed by atoms with van der Waals surface area (Å²) in [6, 6.07) is 11.7. The minimum atomic E-state index is -0.116. The Kier molecular flexibility index (Phi) is 4.19. The molecule has 134 valence electrons. The van der Waals surface area contributed by atoms with Gasteiger partial charge in [0.25, 0.3) is 5.91 Å². The first-order chi connectivity index (χ1) is 12.5. The van der Waals surface area contributed by atoms with Crippen LogP contribution in [0.1, 0.15) is 40.5 Å². The lowest BCUT2D eigenvalue weighted by Crippen LogP contribution is -2.13. The third kappa shape index (κ3) is 2.96. The zero-order chi connectivity index (χ0) is 18.3. The van der Waals surface area contributed by atoms with Crippen LogP contribution in [0.15, 0.2) is 36.4 Å². The maximum Gasteiger partial charge on any atom is 0.255 e. The van der Waals surface area contributed by atoms with Crippen LogP contribution in [0.4, 0.5) is 5.69 Å². The summed E-state index contributed by atoms with van der Waals surface area (Å²) in [7, 11) is 1.61. The summed E-state index contributed by atoms with van der Waals surface area (Å²) < 4.78 is 5.36. The molecule has 4 nitrogen and oxygen atoms in total. The first kappa shape index (κ1) is 16.7. The number of methoxy groups -OCH3 is 1. The standard InChI is InChI=1S/C22H24N2O2/c1-13-4-7-18-16(10-13)17-12-15(6-8-19(17)23-18)22(25)24-20-11-14(2)5-9-21(20)26-3/h5-6,8-9,11-13,23H,4,7,10H2,1-3H3,(H,24,25)/t13-/m0/s1. The van der Waals surface area contributed by atoms with Crippen LogP contribution < -0.4 is 10.1 Å². The number of fused-ring (bicyclic) bond motifs is 3. The molecule has 0 fully saturated rings. The van der Waals surface area contributed by atoms with Gasteiger partial charge in [0.2, 0.25) is 0 Å². The van der Waals surface area contributed by atoms with Gasteiger partial charge in [0.05, 0.1) is 12.8 Å². The van der Waals surface area contributed by atoms with Gasteiger partial charge >= 0.3 is 0 Å². The SMILES string of the molecule is COc1ccc(C)cc1NC(=O)c1ccc2[nH]c3c(c2c1)C[C@@H](C)CC3. The lowest BCUT2D eigenvalue weighted by atomic mass is 9.87. The van der Waals surface area contributed by atoms with Crippen LogP contribution in [0, 0.1) is 12.8 Å². The number of rotatable bonds is 3. The minimum Gasteiger partial charge on any atom is -0.495 e. The van der Waals surface area contributed by atoms with Gasteiger partial charge in [0.15, 0.2) is 0 Å². The number of hydrogen-bond donors (Lipinski definition) is 2. The average molecular weight is 348 g/mol. The molecule has 3 aromatic rings. The van der Waals surface area contributed by atoms with Crippen molar-refractivity contribution < 1.29 is 9.53 Å². The van der Waals surface area contributed by atoms with Crippen molar-refractivity contribution in [2.24, 2.45) is 5.92 Å². The van der Waals surface area contributed by atoms with Gasteiger partial charge in [0.1, 0.15) is 5.75 Å². The van der Waals surface area contributed by atoms with Gasteiger partial charge in [-0.25, -0.2) is 0 Å². The Morgan fingerprint density at radius 2 is 2.08 bits per heavy atom. The number of carbonyl (C=O) groups is 1. The first-order valence-corrected chi connectivity index (χ1v) is 9.14. The van der Waals surface area contributed by atoms with Gasteiger partial charge in [0, 0.05) is 22.2 Å². The van der Waals surface area contributed by atoms with E-state index in [1.165, 1.54) is 23.1 Å². The van der Waals surface area contributed by atoms with E-state index in [4.69, 9.17) is 4.74 Å². The fourth-order valence-electron chi connectivity index (χ4n) is 3.85. The number of benzene rings is 2. The van der Waals surface area contributed by atoms with Crippen molar-refractivity contribution in [3.05, 3.63) is 58.8 Å². The van der Waals surface area contributed by atoms with Crippen LogP contribution >= 0.6 is 0 Å². The number of aryl methyl sites for hydroxylation is 2. The molecule has 0 saturated carbocycles. The van der Waals surface area contributed by atoms with Gasteiger partial charge in [-0.15, -0.1) is 0 Å². The first-order valence-electron chi connectivity index (χ1n) is 9.14. The minimum absolute atomic E-state index is 0.116. The Hall–Kier alpha value is -2.75. The number of amides is 1. The molecule has 1 heterocycles. The summed E-state index contributed by atoms with van der Waals surface area (Å²) in [5, 5.41) is 4.17. The highest BCUT2D eigenvalue weighted by Gasteiger charge is 2.20. The summed E-state index contributed by atoms with van der Waals surface area (Å²) in [6.07, 6.45) is 3.39. The van der Waals surface area contributed by atoms with E-state index in [0.29, 0.717) is 22.9 Å². The zero-order valence-corrected chi connectivity index (χ0v) is 15.5. The second-order valence-electron chi connectivity index (χ2n) is 7.35. The van der Waals surface area contributed by atoms with E-state index in [2.05, 4.69) is 17.2 Å². The van der Waals surface area contributed by atoms with E-state index >= 15 is 0 Å². The topological polar surface area (TPSA) is 54.1 Å². The maximum absolute atomic E-state index is 12.8. The highest BCUT2D eigenvalue weighted by molar-refractivity contribution is 6.07. The summed E-state index contributed by atoms with van der Waals surface area (Å²) in [4.78, 5) is 16.3. The van der Waals surface area contributed by atoms with Crippen molar-refractivity contribution in [3.63, 3.8) is 0 Å². The predicted molar refractivity (Wildman–Crippen MR) is 105 cm³/mol. The number of H-pyrrole nitrogens is 1. The van der Waals surface area contributed by atoms with Crippen LogP contribution in [0.25, 0.3) is 10.9 Å². The summed E-state index contributed by atoms with van der Waals surface area (Å²) in [5.74, 6) is 1.24. The van der Waals surface area contributed by atoms with E-state index < -0.39 is 0 Å². The second kappa shape index (κ2) is 6.52. The van der Waals surface area contributed by atoms with Crippen molar-refractivity contribution >= 4 is 22.5 Å². The summed E-state index contributed by atoms with van der Waals surface area (Å²) in [5.41, 5.74) is 6.26. The molecule has 26 heavy (non-hydrogen) atoms. The quantitative estimate of drug-likeness (QED) is 0.710. The Morgan fingerprint density at radius 3 is 2.88 bits per heavy atom. The average Bonchev–Trinajstić information content (AvgIpc) is 2.99. The third-order valence-electron chi connectivity index (χ3n) is 5.30. The number of hydrogen-bond acceptors (Lipinski definition) is 2. The number of anilines is 1. The molecule has 1 aliphatic rings. The lowest BCUT2D eigenvalue weighted by Gasteiger charge is -2.18. The number of carbonyl (C=O) groups excluding carboxylic acids is 1. The van der Waals surface area contributed by atoms with E-state index in [1.54, 1.807) is 7.11 Å². The van der Waals surface area contributed by atoms with Gasteiger partial charge < -0.3 is 15.0 Å². The van der Waals surface area contributed by atoms with Crippen molar-refractivity contribution in [2.75, 3.05) is 12.4 Å². The molecule has 4 heteroatoms. The van der Waals surface area contributed by atoms with Crippen molar-refractivity contribution in [1.29, 1.82) is 0 Å². The molecule has 1 aliphatic carbocycles.